The minimum atomic E-state index is 0.525. The van der Waals surface area contributed by atoms with Crippen molar-refractivity contribution >= 4 is 5.82 Å². The van der Waals surface area contributed by atoms with Crippen LogP contribution in [-0.4, -0.2) is 22.9 Å². The van der Waals surface area contributed by atoms with Gasteiger partial charge in [-0.15, -0.1) is 0 Å². The predicted molar refractivity (Wildman–Crippen MR) is 59.3 cm³/mol. The van der Waals surface area contributed by atoms with E-state index >= 15 is 0 Å². The maximum absolute atomic E-state index is 8.93. The fraction of sp³-hybridized carbons (Fsp3) is 0.400. The van der Waals surface area contributed by atoms with Gasteiger partial charge >= 0.3 is 0 Å². The third kappa shape index (κ3) is 2.58. The minimum Gasteiger partial charge on any atom is -0.366 e. The van der Waals surface area contributed by atoms with Crippen molar-refractivity contribution in [2.24, 2.45) is 12.8 Å². The lowest BCUT2D eigenvalue weighted by Gasteiger charge is -2.03. The molecule has 0 aliphatic rings. The summed E-state index contributed by atoms with van der Waals surface area (Å²) in [6.07, 6.45) is 3.78. The van der Waals surface area contributed by atoms with Crippen molar-refractivity contribution in [3.8, 4) is 6.07 Å². The van der Waals surface area contributed by atoms with Gasteiger partial charge in [0.1, 0.15) is 17.5 Å². The number of nitrogens with two attached hydrogens (primary N) is 1. The van der Waals surface area contributed by atoms with E-state index in [1.165, 1.54) is 0 Å². The summed E-state index contributed by atoms with van der Waals surface area (Å²) in [4.78, 5) is 0. The van der Waals surface area contributed by atoms with E-state index in [-0.39, 0.29) is 0 Å². The molecule has 0 saturated heterocycles. The third-order valence-corrected chi connectivity index (χ3v) is 2.02. The molecule has 0 amide bonds. The van der Waals surface area contributed by atoms with E-state index in [4.69, 9.17) is 11.0 Å². The van der Waals surface area contributed by atoms with Crippen LogP contribution in [0.1, 0.15) is 11.3 Å². The van der Waals surface area contributed by atoms with E-state index in [0.29, 0.717) is 18.7 Å². The Morgan fingerprint density at radius 1 is 1.60 bits per heavy atom. The van der Waals surface area contributed by atoms with Gasteiger partial charge in [0.05, 0.1) is 5.69 Å². The van der Waals surface area contributed by atoms with E-state index in [1.807, 2.05) is 26.1 Å². The van der Waals surface area contributed by atoms with Crippen LogP contribution in [0.4, 0.5) is 5.82 Å². The van der Waals surface area contributed by atoms with Crippen LogP contribution in [0.15, 0.2) is 12.2 Å². The van der Waals surface area contributed by atoms with Gasteiger partial charge in [-0.25, -0.2) is 0 Å². The highest BCUT2D eigenvalue weighted by atomic mass is 15.3. The molecule has 80 valence electrons. The van der Waals surface area contributed by atoms with E-state index in [1.54, 1.807) is 4.68 Å². The molecule has 0 spiro atoms. The molecule has 0 aliphatic carbocycles. The van der Waals surface area contributed by atoms with Crippen molar-refractivity contribution in [1.29, 1.82) is 5.26 Å². The molecule has 15 heavy (non-hydrogen) atoms. The lowest BCUT2D eigenvalue weighted by atomic mass is 10.2. The number of rotatable bonds is 4. The maximum Gasteiger partial charge on any atom is 0.142 e. The molecule has 1 aromatic rings. The van der Waals surface area contributed by atoms with Crippen LogP contribution >= 0.6 is 0 Å². The molecular formula is C10H15N5. The standard InChI is InChI=1S/C10H15N5/c1-8-9(7-12)10(15(2)14-8)13-6-4-3-5-11/h3-4,13H,5-6,11H2,1-2H3/b4-3+. The van der Waals surface area contributed by atoms with Gasteiger partial charge < -0.3 is 11.1 Å². The van der Waals surface area contributed by atoms with Gasteiger partial charge in [0, 0.05) is 20.1 Å². The molecule has 0 radical (unpaired) electrons. The summed E-state index contributed by atoms with van der Waals surface area (Å²) >= 11 is 0. The molecule has 1 rings (SSSR count). The van der Waals surface area contributed by atoms with Crippen LogP contribution < -0.4 is 11.1 Å². The predicted octanol–water partition coefficient (Wildman–Crippen LogP) is 0.527. The fourth-order valence-electron chi connectivity index (χ4n) is 1.33. The zero-order valence-electron chi connectivity index (χ0n) is 8.99. The van der Waals surface area contributed by atoms with Gasteiger partial charge in [-0.05, 0) is 6.92 Å². The van der Waals surface area contributed by atoms with Gasteiger partial charge in [-0.2, -0.15) is 10.4 Å². The molecule has 5 heteroatoms. The van der Waals surface area contributed by atoms with Crippen LogP contribution in [0, 0.1) is 18.3 Å². The second kappa shape index (κ2) is 5.17. The molecule has 0 aliphatic heterocycles. The smallest absolute Gasteiger partial charge is 0.142 e. The van der Waals surface area contributed by atoms with Crippen LogP contribution in [0.5, 0.6) is 0 Å². The molecule has 0 fully saturated rings. The van der Waals surface area contributed by atoms with Gasteiger partial charge in [0.15, 0.2) is 0 Å². The highest BCUT2D eigenvalue weighted by molar-refractivity contribution is 5.55. The van der Waals surface area contributed by atoms with Crippen molar-refractivity contribution in [2.45, 2.75) is 6.92 Å². The zero-order chi connectivity index (χ0) is 11.3. The van der Waals surface area contributed by atoms with Gasteiger partial charge in [0.25, 0.3) is 0 Å². The molecule has 0 unspecified atom stereocenters. The number of nitriles is 1. The van der Waals surface area contributed by atoms with Gasteiger partial charge in [-0.1, -0.05) is 12.2 Å². The Morgan fingerprint density at radius 3 is 2.93 bits per heavy atom. The number of hydrogen-bond acceptors (Lipinski definition) is 4. The molecule has 0 aromatic carbocycles. The molecule has 1 aromatic heterocycles. The summed E-state index contributed by atoms with van der Waals surface area (Å²) in [7, 11) is 1.81. The molecule has 3 N–H and O–H groups in total. The topological polar surface area (TPSA) is 79.7 Å². The number of anilines is 1. The molecule has 0 saturated carbocycles. The van der Waals surface area contributed by atoms with E-state index < -0.39 is 0 Å². The number of aromatic nitrogens is 2. The van der Waals surface area contributed by atoms with Crippen LogP contribution in [-0.2, 0) is 7.05 Å². The molecule has 5 nitrogen and oxygen atoms in total. The van der Waals surface area contributed by atoms with Crippen molar-refractivity contribution in [3.63, 3.8) is 0 Å². The highest BCUT2D eigenvalue weighted by Gasteiger charge is 2.10. The number of hydrogen-bond donors (Lipinski definition) is 2. The third-order valence-electron chi connectivity index (χ3n) is 2.02. The number of nitrogens with one attached hydrogen (secondary N) is 1. The summed E-state index contributed by atoms with van der Waals surface area (Å²) in [6.45, 7) is 2.99. The Bertz CT molecular complexity index is 397. The summed E-state index contributed by atoms with van der Waals surface area (Å²) in [5.74, 6) is 0.747. The van der Waals surface area contributed by atoms with Gasteiger partial charge in [0.2, 0.25) is 0 Å². The summed E-state index contributed by atoms with van der Waals surface area (Å²) in [6, 6.07) is 2.13. The zero-order valence-corrected chi connectivity index (χ0v) is 8.99. The van der Waals surface area contributed by atoms with Crippen molar-refractivity contribution in [3.05, 3.63) is 23.4 Å². The molecule has 0 bridgehead atoms. The lowest BCUT2D eigenvalue weighted by Crippen LogP contribution is -2.06. The van der Waals surface area contributed by atoms with Crippen molar-refractivity contribution < 1.29 is 0 Å². The normalized spacial score (nSPS) is 10.5. The first kappa shape index (κ1) is 11.3. The molecule has 1 heterocycles. The van der Waals surface area contributed by atoms with Crippen LogP contribution in [0.25, 0.3) is 0 Å². The Kier molecular flexibility index (Phi) is 3.89. The molecule has 0 atom stereocenters. The SMILES string of the molecule is Cc1nn(C)c(NC/C=C/CN)c1C#N. The average Bonchev–Trinajstić information content (AvgIpc) is 2.48. The largest absolute Gasteiger partial charge is 0.366 e. The van der Waals surface area contributed by atoms with E-state index in [2.05, 4.69) is 16.5 Å². The van der Waals surface area contributed by atoms with E-state index in [9.17, 15) is 0 Å². The maximum atomic E-state index is 8.93. The second-order valence-electron chi connectivity index (χ2n) is 3.13. The summed E-state index contributed by atoms with van der Waals surface area (Å²) in [5.41, 5.74) is 6.65. The fourth-order valence-corrected chi connectivity index (χ4v) is 1.33. The Labute approximate surface area is 89.2 Å². The monoisotopic (exact) mass is 205 g/mol. The Balaban J connectivity index is 2.76. The minimum absolute atomic E-state index is 0.525. The first-order valence-corrected chi connectivity index (χ1v) is 4.73. The van der Waals surface area contributed by atoms with E-state index in [0.717, 1.165) is 11.5 Å². The Morgan fingerprint density at radius 2 is 2.33 bits per heavy atom. The number of nitrogens with zero attached hydrogens (tertiary/aromatic N) is 3. The number of aryl methyl sites for hydroxylation is 2. The highest BCUT2D eigenvalue weighted by Crippen LogP contribution is 2.16. The lowest BCUT2D eigenvalue weighted by molar-refractivity contribution is 0.761. The van der Waals surface area contributed by atoms with Crippen LogP contribution in [0.2, 0.25) is 0 Å². The quantitative estimate of drug-likeness (QED) is 0.702. The Hall–Kier alpha value is -1.80. The first-order chi connectivity index (χ1) is 7.20. The van der Waals surface area contributed by atoms with Gasteiger partial charge in [-0.3, -0.25) is 4.68 Å². The summed E-state index contributed by atoms with van der Waals surface area (Å²) < 4.78 is 1.67. The second-order valence-corrected chi connectivity index (χ2v) is 3.13. The summed E-state index contributed by atoms with van der Waals surface area (Å²) in [5, 5.41) is 16.2. The van der Waals surface area contributed by atoms with Crippen molar-refractivity contribution in [1.82, 2.24) is 9.78 Å². The molecular weight excluding hydrogens is 190 g/mol. The first-order valence-electron chi connectivity index (χ1n) is 4.73. The van der Waals surface area contributed by atoms with Crippen LogP contribution in [0.3, 0.4) is 0 Å². The van der Waals surface area contributed by atoms with Crippen molar-refractivity contribution in [2.75, 3.05) is 18.4 Å². The average molecular weight is 205 g/mol.